The van der Waals surface area contributed by atoms with Gasteiger partial charge in [-0.2, -0.15) is 0 Å². The molecule has 0 aromatic heterocycles. The molecule has 0 radical (unpaired) electrons. The van der Waals surface area contributed by atoms with Crippen LogP contribution in [-0.4, -0.2) is 54.8 Å². The first-order valence-electron chi connectivity index (χ1n) is 13.5. The molecule has 1 N–H and O–H groups in total. The van der Waals surface area contributed by atoms with Gasteiger partial charge in [0.15, 0.2) is 24.0 Å². The Morgan fingerprint density at radius 1 is 0.857 bits per heavy atom. The molecule has 8 nitrogen and oxygen atoms in total. The standard InChI is InChI=1S/C27H37NO7/c1-2-17-30-19-11-9-18(10-12-19)28-24(29)22-20-21(33-26(32-20)13-5-3-6-14-26)23-25(31-22)35-27(34-23)15-7-4-8-16-27/h9-12,20-23,25H,2-8,13-17H2,1H3,(H,28,29). The van der Waals surface area contributed by atoms with Crippen molar-refractivity contribution in [3.63, 3.8) is 0 Å². The van der Waals surface area contributed by atoms with Crippen LogP contribution < -0.4 is 10.1 Å². The van der Waals surface area contributed by atoms with Gasteiger partial charge in [0.05, 0.1) is 6.61 Å². The van der Waals surface area contributed by atoms with Crippen LogP contribution in [0.2, 0.25) is 0 Å². The van der Waals surface area contributed by atoms with Crippen molar-refractivity contribution in [3.8, 4) is 5.75 Å². The van der Waals surface area contributed by atoms with Crippen LogP contribution in [0.1, 0.15) is 77.6 Å². The summed E-state index contributed by atoms with van der Waals surface area (Å²) in [5, 5.41) is 3.00. The number of carbonyl (C=O) groups is 1. The summed E-state index contributed by atoms with van der Waals surface area (Å²) in [6.07, 6.45) is 8.09. The Morgan fingerprint density at radius 3 is 2.11 bits per heavy atom. The summed E-state index contributed by atoms with van der Waals surface area (Å²) in [6.45, 7) is 2.73. The van der Waals surface area contributed by atoms with Crippen molar-refractivity contribution in [2.75, 3.05) is 11.9 Å². The van der Waals surface area contributed by atoms with Gasteiger partial charge in [0.25, 0.3) is 5.91 Å². The van der Waals surface area contributed by atoms with Crippen molar-refractivity contribution >= 4 is 11.6 Å². The third-order valence-electron chi connectivity index (χ3n) is 7.96. The second-order valence-corrected chi connectivity index (χ2v) is 10.6. The second kappa shape index (κ2) is 9.63. The highest BCUT2D eigenvalue weighted by molar-refractivity contribution is 5.94. The molecule has 35 heavy (non-hydrogen) atoms. The Kier molecular flexibility index (Phi) is 6.52. The van der Waals surface area contributed by atoms with Crippen molar-refractivity contribution in [2.45, 2.75) is 120 Å². The van der Waals surface area contributed by atoms with Crippen LogP contribution in [-0.2, 0) is 28.5 Å². The van der Waals surface area contributed by atoms with Crippen molar-refractivity contribution in [2.24, 2.45) is 0 Å². The summed E-state index contributed by atoms with van der Waals surface area (Å²) in [7, 11) is 0. The van der Waals surface area contributed by atoms with Crippen LogP contribution in [0.25, 0.3) is 0 Å². The third kappa shape index (κ3) is 4.60. The van der Waals surface area contributed by atoms with Gasteiger partial charge in [-0.3, -0.25) is 4.79 Å². The van der Waals surface area contributed by atoms with Crippen LogP contribution >= 0.6 is 0 Å². The number of amides is 1. The van der Waals surface area contributed by atoms with Gasteiger partial charge < -0.3 is 33.7 Å². The topological polar surface area (TPSA) is 84.5 Å². The van der Waals surface area contributed by atoms with Crippen molar-refractivity contribution in [1.29, 1.82) is 0 Å². The minimum Gasteiger partial charge on any atom is -0.494 e. The zero-order valence-electron chi connectivity index (χ0n) is 20.5. The fourth-order valence-corrected chi connectivity index (χ4v) is 6.24. The van der Waals surface area contributed by atoms with E-state index in [9.17, 15) is 4.79 Å². The minimum absolute atomic E-state index is 0.259. The van der Waals surface area contributed by atoms with Crippen LogP contribution in [0.5, 0.6) is 5.75 Å². The normalized spacial score (nSPS) is 34.9. The number of carbonyl (C=O) groups excluding carboxylic acids is 1. The molecule has 5 atom stereocenters. The van der Waals surface area contributed by atoms with E-state index in [1.807, 2.05) is 24.3 Å². The number of ether oxygens (including phenoxy) is 6. The molecule has 8 heteroatoms. The highest BCUT2D eigenvalue weighted by atomic mass is 16.9. The van der Waals surface area contributed by atoms with E-state index < -0.39 is 42.3 Å². The SMILES string of the molecule is CCCOc1ccc(NC(=O)C2OC3OC4(CCCCC4)OC3C3OC4(CCCCC4)OC23)cc1. The molecule has 2 spiro atoms. The number of anilines is 1. The summed E-state index contributed by atoms with van der Waals surface area (Å²) in [5.74, 6) is -0.773. The molecule has 5 fully saturated rings. The quantitative estimate of drug-likeness (QED) is 0.647. The lowest BCUT2D eigenvalue weighted by Gasteiger charge is -2.36. The number of hydrogen-bond donors (Lipinski definition) is 1. The molecule has 5 aliphatic rings. The van der Waals surface area contributed by atoms with Gasteiger partial charge in [-0.25, -0.2) is 0 Å². The molecular formula is C27H37NO7. The molecule has 1 aromatic carbocycles. The maximum absolute atomic E-state index is 13.5. The van der Waals surface area contributed by atoms with Crippen molar-refractivity contribution in [3.05, 3.63) is 24.3 Å². The molecule has 3 heterocycles. The fourth-order valence-electron chi connectivity index (χ4n) is 6.24. The van der Waals surface area contributed by atoms with E-state index in [1.165, 1.54) is 12.8 Å². The largest absolute Gasteiger partial charge is 0.494 e. The lowest BCUT2D eigenvalue weighted by atomic mass is 9.94. The predicted octanol–water partition coefficient (Wildman–Crippen LogP) is 4.66. The van der Waals surface area contributed by atoms with Gasteiger partial charge in [-0.1, -0.05) is 19.8 Å². The summed E-state index contributed by atoms with van der Waals surface area (Å²) in [6, 6.07) is 7.40. The first kappa shape index (κ1) is 23.7. The van der Waals surface area contributed by atoms with Crippen LogP contribution in [0.3, 0.4) is 0 Å². The molecule has 1 aromatic rings. The molecule has 6 rings (SSSR count). The average molecular weight is 488 g/mol. The average Bonchev–Trinajstić information content (AvgIpc) is 3.41. The molecular weight excluding hydrogens is 450 g/mol. The van der Waals surface area contributed by atoms with Crippen LogP contribution in [0.15, 0.2) is 24.3 Å². The Morgan fingerprint density at radius 2 is 1.46 bits per heavy atom. The monoisotopic (exact) mass is 487 g/mol. The smallest absolute Gasteiger partial charge is 0.256 e. The summed E-state index contributed by atoms with van der Waals surface area (Å²) in [5.41, 5.74) is 0.680. The van der Waals surface area contributed by atoms with E-state index in [0.29, 0.717) is 12.3 Å². The zero-order chi connectivity index (χ0) is 23.9. The summed E-state index contributed by atoms with van der Waals surface area (Å²) < 4.78 is 38.0. The second-order valence-electron chi connectivity index (χ2n) is 10.6. The van der Waals surface area contributed by atoms with E-state index in [0.717, 1.165) is 63.5 Å². The number of hydrogen-bond acceptors (Lipinski definition) is 7. The van der Waals surface area contributed by atoms with Gasteiger partial charge >= 0.3 is 0 Å². The molecule has 2 aliphatic carbocycles. The zero-order valence-corrected chi connectivity index (χ0v) is 20.5. The highest BCUT2D eigenvalue weighted by Gasteiger charge is 2.65. The van der Waals surface area contributed by atoms with Gasteiger partial charge in [0, 0.05) is 31.4 Å². The Bertz CT molecular complexity index is 893. The fraction of sp³-hybridized carbons (Fsp3) is 0.741. The van der Waals surface area contributed by atoms with Gasteiger partial charge in [0.2, 0.25) is 0 Å². The van der Waals surface area contributed by atoms with E-state index in [4.69, 9.17) is 28.4 Å². The van der Waals surface area contributed by atoms with Gasteiger partial charge in [-0.15, -0.1) is 0 Å². The molecule has 2 saturated carbocycles. The third-order valence-corrected chi connectivity index (χ3v) is 7.96. The van der Waals surface area contributed by atoms with Crippen molar-refractivity contribution in [1.82, 2.24) is 0 Å². The molecule has 192 valence electrons. The van der Waals surface area contributed by atoms with E-state index in [1.54, 1.807) is 0 Å². The lowest BCUT2D eigenvalue weighted by Crippen LogP contribution is -2.58. The van der Waals surface area contributed by atoms with E-state index in [2.05, 4.69) is 12.2 Å². The number of fused-ring (bicyclic) bond motifs is 3. The molecule has 3 aliphatic heterocycles. The first-order valence-corrected chi connectivity index (χ1v) is 13.5. The van der Waals surface area contributed by atoms with Crippen LogP contribution in [0, 0.1) is 0 Å². The Labute approximate surface area is 206 Å². The van der Waals surface area contributed by atoms with Gasteiger partial charge in [-0.05, 0) is 56.4 Å². The molecule has 1 amide bonds. The number of benzene rings is 1. The summed E-state index contributed by atoms with van der Waals surface area (Å²) >= 11 is 0. The molecule has 3 saturated heterocycles. The summed E-state index contributed by atoms with van der Waals surface area (Å²) in [4.78, 5) is 13.5. The first-order chi connectivity index (χ1) is 17.1. The molecule has 5 unspecified atom stereocenters. The lowest BCUT2D eigenvalue weighted by molar-refractivity contribution is -0.246. The highest BCUT2D eigenvalue weighted by Crippen LogP contribution is 2.51. The minimum atomic E-state index is -0.846. The Balaban J connectivity index is 1.21. The van der Waals surface area contributed by atoms with Crippen LogP contribution in [0.4, 0.5) is 5.69 Å². The predicted molar refractivity (Wildman–Crippen MR) is 127 cm³/mol. The molecule has 0 bridgehead atoms. The number of rotatable bonds is 5. The maximum atomic E-state index is 13.5. The van der Waals surface area contributed by atoms with Gasteiger partial charge in [0.1, 0.15) is 24.1 Å². The van der Waals surface area contributed by atoms with E-state index in [-0.39, 0.29) is 5.91 Å². The maximum Gasteiger partial charge on any atom is 0.256 e. The van der Waals surface area contributed by atoms with E-state index >= 15 is 0 Å². The Hall–Kier alpha value is -1.71. The number of nitrogens with one attached hydrogen (secondary N) is 1. The van der Waals surface area contributed by atoms with Crippen molar-refractivity contribution < 1.29 is 33.2 Å².